The third-order valence-electron chi connectivity index (χ3n) is 1.29. The van der Waals surface area contributed by atoms with E-state index in [-0.39, 0.29) is 0 Å². The minimum atomic E-state index is -6.36. The largest absolute Gasteiger partial charge is 0.442 e. The lowest BCUT2D eigenvalue weighted by Crippen LogP contribution is -2.70. The minimum absolute atomic E-state index is 3.39. The van der Waals surface area contributed by atoms with E-state index >= 15 is 0 Å². The van der Waals surface area contributed by atoms with Crippen molar-refractivity contribution in [1.82, 2.24) is 0 Å². The number of halogens is 8. The van der Waals surface area contributed by atoms with E-state index in [1.165, 1.54) is 0 Å². The van der Waals surface area contributed by atoms with Crippen molar-refractivity contribution in [3.63, 3.8) is 0 Å². The number of hydrogen-bond donors (Lipinski definition) is 2. The molecule has 86 valence electrons. The van der Waals surface area contributed by atoms with Crippen molar-refractivity contribution >= 4 is 0 Å². The predicted molar refractivity (Wildman–Crippen MR) is 28.2 cm³/mol. The van der Waals surface area contributed by atoms with Gasteiger partial charge < -0.3 is 0 Å². The molecule has 0 aromatic heterocycles. The average Bonchev–Trinajstić information content (AvgIpc) is 1.81. The quantitative estimate of drug-likeness (QED) is 0.557. The Bertz CT molecular complexity index is 188. The van der Waals surface area contributed by atoms with Crippen molar-refractivity contribution in [2.24, 2.45) is 11.5 Å². The summed E-state index contributed by atoms with van der Waals surface area (Å²) in [6.07, 6.45) is -6.36. The number of hydrogen-bond acceptors (Lipinski definition) is 2. The van der Waals surface area contributed by atoms with Crippen molar-refractivity contribution in [1.29, 1.82) is 0 Å². The second-order valence-electron chi connectivity index (χ2n) is 2.41. The van der Waals surface area contributed by atoms with E-state index in [0.29, 0.717) is 0 Å². The van der Waals surface area contributed by atoms with Crippen molar-refractivity contribution < 1.29 is 35.1 Å². The molecule has 0 amide bonds. The van der Waals surface area contributed by atoms with Gasteiger partial charge in [0.05, 0.1) is 0 Å². The Kier molecular flexibility index (Phi) is 2.79. The summed E-state index contributed by atoms with van der Waals surface area (Å²) < 4.78 is 94.4. The Morgan fingerprint density at radius 3 is 1.00 bits per heavy atom. The minimum Gasteiger partial charge on any atom is -0.286 e. The molecule has 0 saturated heterocycles. The maximum atomic E-state index is 12.2. The number of nitrogens with two attached hydrogens (primary N) is 2. The lowest BCUT2D eigenvalue weighted by Gasteiger charge is -2.34. The van der Waals surface area contributed by atoms with Crippen molar-refractivity contribution in [2.75, 3.05) is 0 Å². The fraction of sp³-hybridized carbons (Fsp3) is 1.00. The van der Waals surface area contributed by atoms with Crippen LogP contribution in [0.5, 0.6) is 0 Å². The Morgan fingerprint density at radius 2 is 0.929 bits per heavy atom. The molecule has 0 aliphatic heterocycles. The Morgan fingerprint density at radius 1 is 0.643 bits per heavy atom. The molecule has 0 aromatic carbocycles. The SMILES string of the molecule is NC(F)(F)C(F)(F)C(N)(F)C(F)(F)F. The summed E-state index contributed by atoms with van der Waals surface area (Å²) in [6, 6.07) is -5.72. The van der Waals surface area contributed by atoms with Gasteiger partial charge in [-0.25, -0.2) is 4.39 Å². The van der Waals surface area contributed by atoms with Crippen LogP contribution in [0.15, 0.2) is 0 Å². The highest BCUT2D eigenvalue weighted by atomic mass is 19.4. The van der Waals surface area contributed by atoms with Crippen LogP contribution in [0.25, 0.3) is 0 Å². The first-order valence-corrected chi connectivity index (χ1v) is 2.84. The van der Waals surface area contributed by atoms with Crippen LogP contribution < -0.4 is 11.5 Å². The third kappa shape index (κ3) is 1.75. The van der Waals surface area contributed by atoms with Gasteiger partial charge >= 0.3 is 23.9 Å². The van der Waals surface area contributed by atoms with Crippen LogP contribution in [0.4, 0.5) is 35.1 Å². The van der Waals surface area contributed by atoms with E-state index in [4.69, 9.17) is 0 Å². The second kappa shape index (κ2) is 2.92. The third-order valence-corrected chi connectivity index (χ3v) is 1.29. The van der Waals surface area contributed by atoms with Gasteiger partial charge in [0.2, 0.25) is 0 Å². The predicted octanol–water partition coefficient (Wildman–Crippen LogP) is 1.36. The Labute approximate surface area is 71.8 Å². The lowest BCUT2D eigenvalue weighted by molar-refractivity contribution is -0.350. The van der Waals surface area contributed by atoms with Gasteiger partial charge in [-0.05, 0) is 0 Å². The second-order valence-corrected chi connectivity index (χ2v) is 2.41. The van der Waals surface area contributed by atoms with Gasteiger partial charge in [0.15, 0.2) is 0 Å². The highest BCUT2D eigenvalue weighted by Gasteiger charge is 2.77. The molecule has 2 nitrogen and oxygen atoms in total. The molecule has 0 heterocycles. The monoisotopic (exact) mass is 232 g/mol. The molecule has 10 heteroatoms. The lowest BCUT2D eigenvalue weighted by atomic mass is 10.1. The summed E-state index contributed by atoms with van der Waals surface area (Å²) >= 11 is 0. The molecule has 1 atom stereocenters. The highest BCUT2D eigenvalue weighted by Crippen LogP contribution is 2.46. The molecule has 4 N–H and O–H groups in total. The van der Waals surface area contributed by atoms with Crippen LogP contribution in [0.1, 0.15) is 0 Å². The molecule has 0 fully saturated rings. The van der Waals surface area contributed by atoms with Crippen LogP contribution in [-0.2, 0) is 0 Å². The molecule has 0 aromatic rings. The standard InChI is InChI=1S/C4H4F8N2/c5-1(6,4(11,12)14)2(7,13)3(8,9)10/h13-14H2. The molecule has 0 aliphatic rings. The summed E-state index contributed by atoms with van der Waals surface area (Å²) in [5.41, 5.74) is 6.85. The number of rotatable bonds is 2. The van der Waals surface area contributed by atoms with Crippen molar-refractivity contribution in [2.45, 2.75) is 23.9 Å². The van der Waals surface area contributed by atoms with Crippen LogP contribution in [0.3, 0.4) is 0 Å². The van der Waals surface area contributed by atoms with Crippen LogP contribution >= 0.6 is 0 Å². The molecular formula is C4H4F8N2. The molecule has 0 rings (SSSR count). The summed E-state index contributed by atoms with van der Waals surface area (Å²) in [7, 11) is 0. The zero-order valence-corrected chi connectivity index (χ0v) is 6.18. The van der Waals surface area contributed by atoms with Crippen molar-refractivity contribution in [3.8, 4) is 0 Å². The average molecular weight is 232 g/mol. The van der Waals surface area contributed by atoms with E-state index in [2.05, 4.69) is 11.5 Å². The summed E-state index contributed by atoms with van der Waals surface area (Å²) in [6.45, 7) is 0. The smallest absolute Gasteiger partial charge is 0.286 e. The van der Waals surface area contributed by atoms with Gasteiger partial charge in [0.1, 0.15) is 0 Å². The molecule has 14 heavy (non-hydrogen) atoms. The molecule has 0 aliphatic carbocycles. The van der Waals surface area contributed by atoms with E-state index in [0.717, 1.165) is 0 Å². The Hall–Kier alpha value is -0.640. The van der Waals surface area contributed by atoms with Crippen LogP contribution in [-0.4, -0.2) is 23.9 Å². The first-order chi connectivity index (χ1) is 5.75. The van der Waals surface area contributed by atoms with Crippen molar-refractivity contribution in [3.05, 3.63) is 0 Å². The maximum Gasteiger partial charge on any atom is 0.442 e. The molecule has 0 radical (unpaired) electrons. The first kappa shape index (κ1) is 13.4. The van der Waals surface area contributed by atoms with Gasteiger partial charge in [-0.1, -0.05) is 0 Å². The van der Waals surface area contributed by atoms with Gasteiger partial charge in [-0.2, -0.15) is 30.7 Å². The van der Waals surface area contributed by atoms with Gasteiger partial charge in [-0.15, -0.1) is 0 Å². The summed E-state index contributed by atoms with van der Waals surface area (Å²) in [5.74, 6) is -12.1. The van der Waals surface area contributed by atoms with Crippen LogP contribution in [0.2, 0.25) is 0 Å². The fourth-order valence-corrected chi connectivity index (χ4v) is 0.421. The zero-order valence-electron chi connectivity index (χ0n) is 6.18. The van der Waals surface area contributed by atoms with E-state index < -0.39 is 23.9 Å². The zero-order chi connectivity index (χ0) is 12.0. The first-order valence-electron chi connectivity index (χ1n) is 2.84. The molecule has 0 saturated carbocycles. The normalized spacial score (nSPS) is 19.3. The highest BCUT2D eigenvalue weighted by molar-refractivity contribution is 5.00. The Balaban J connectivity index is 5.30. The molecule has 0 bridgehead atoms. The van der Waals surface area contributed by atoms with E-state index in [9.17, 15) is 35.1 Å². The number of alkyl halides is 8. The van der Waals surface area contributed by atoms with Gasteiger partial charge in [0.25, 0.3) is 0 Å². The van der Waals surface area contributed by atoms with E-state index in [1.807, 2.05) is 0 Å². The fourth-order valence-electron chi connectivity index (χ4n) is 0.421. The van der Waals surface area contributed by atoms with Gasteiger partial charge in [-0.3, -0.25) is 11.5 Å². The molecule has 1 unspecified atom stereocenters. The summed E-state index contributed by atoms with van der Waals surface area (Å²) in [4.78, 5) is 0. The topological polar surface area (TPSA) is 52.0 Å². The maximum absolute atomic E-state index is 12.2. The van der Waals surface area contributed by atoms with Crippen LogP contribution in [0, 0.1) is 0 Å². The summed E-state index contributed by atoms with van der Waals surface area (Å²) in [5, 5.41) is 0. The van der Waals surface area contributed by atoms with Gasteiger partial charge in [0, 0.05) is 0 Å². The molecule has 0 spiro atoms. The molecular weight excluding hydrogens is 228 g/mol. The van der Waals surface area contributed by atoms with E-state index in [1.54, 1.807) is 0 Å².